The van der Waals surface area contributed by atoms with Crippen LogP contribution in [-0.4, -0.2) is 5.11 Å². The maximum absolute atomic E-state index is 13.2. The van der Waals surface area contributed by atoms with Crippen LogP contribution in [0.15, 0.2) is 75.9 Å². The molecule has 1 unspecified atom stereocenters. The number of hydrogen-bond donors (Lipinski definition) is 1. The fourth-order valence-electron chi connectivity index (χ4n) is 4.68. The molecular formula is C26H28O3. The lowest BCUT2D eigenvalue weighted by molar-refractivity contribution is 0.326. The van der Waals surface area contributed by atoms with Crippen molar-refractivity contribution < 1.29 is 9.52 Å². The Hall–Kier alpha value is -2.81. The Bertz CT molecular complexity index is 1010. The maximum Gasteiger partial charge on any atom is 0.343 e. The van der Waals surface area contributed by atoms with Gasteiger partial charge in [-0.05, 0) is 42.7 Å². The van der Waals surface area contributed by atoms with E-state index in [2.05, 4.69) is 26.0 Å². The molecule has 1 aliphatic carbocycles. The van der Waals surface area contributed by atoms with Crippen molar-refractivity contribution in [3.63, 3.8) is 0 Å². The van der Waals surface area contributed by atoms with Gasteiger partial charge < -0.3 is 9.52 Å². The molecule has 1 aromatic heterocycles. The van der Waals surface area contributed by atoms with Crippen LogP contribution in [0.3, 0.4) is 0 Å². The normalized spacial score (nSPS) is 15.2. The molecule has 3 heteroatoms. The first-order valence-electron chi connectivity index (χ1n) is 10.6. The average molecular weight is 389 g/mol. The Kier molecular flexibility index (Phi) is 5.31. The van der Waals surface area contributed by atoms with E-state index in [1.807, 2.05) is 48.5 Å². The summed E-state index contributed by atoms with van der Waals surface area (Å²) in [6.45, 7) is 4.19. The third kappa shape index (κ3) is 3.50. The second-order valence-electron chi connectivity index (χ2n) is 8.08. The van der Waals surface area contributed by atoms with Gasteiger partial charge in [0.15, 0.2) is 0 Å². The minimum atomic E-state index is -0.432. The zero-order chi connectivity index (χ0) is 20.4. The van der Waals surface area contributed by atoms with Gasteiger partial charge in [-0.2, -0.15) is 0 Å². The molecule has 150 valence electrons. The topological polar surface area (TPSA) is 50.4 Å². The molecule has 1 aliphatic rings. The van der Waals surface area contributed by atoms with Crippen LogP contribution in [0.1, 0.15) is 67.9 Å². The summed E-state index contributed by atoms with van der Waals surface area (Å²) < 4.78 is 5.96. The zero-order valence-electron chi connectivity index (χ0n) is 17.1. The average Bonchev–Trinajstić information content (AvgIpc) is 3.58. The largest absolute Gasteiger partial charge is 0.507 e. The highest BCUT2D eigenvalue weighted by molar-refractivity contribution is 5.44. The van der Waals surface area contributed by atoms with Crippen LogP contribution >= 0.6 is 0 Å². The summed E-state index contributed by atoms with van der Waals surface area (Å²) >= 11 is 0. The monoisotopic (exact) mass is 388 g/mol. The summed E-state index contributed by atoms with van der Waals surface area (Å²) in [7, 11) is 0. The summed E-state index contributed by atoms with van der Waals surface area (Å²) in [5, 5.41) is 11.0. The molecule has 4 rings (SSSR count). The van der Waals surface area contributed by atoms with Crippen LogP contribution in [0, 0.1) is 5.92 Å². The molecular weight excluding hydrogens is 360 g/mol. The van der Waals surface area contributed by atoms with Crippen molar-refractivity contribution >= 4 is 0 Å². The molecule has 3 nitrogen and oxygen atoms in total. The second-order valence-corrected chi connectivity index (χ2v) is 8.08. The van der Waals surface area contributed by atoms with E-state index in [1.165, 1.54) is 0 Å². The van der Waals surface area contributed by atoms with Crippen molar-refractivity contribution in [3.05, 3.63) is 99.6 Å². The molecule has 0 aliphatic heterocycles. The van der Waals surface area contributed by atoms with E-state index in [0.29, 0.717) is 17.2 Å². The highest BCUT2D eigenvalue weighted by atomic mass is 16.4. The van der Waals surface area contributed by atoms with Crippen molar-refractivity contribution in [1.82, 2.24) is 0 Å². The molecule has 0 amide bonds. The molecule has 1 fully saturated rings. The third-order valence-corrected chi connectivity index (χ3v) is 6.53. The van der Waals surface area contributed by atoms with Gasteiger partial charge in [0.05, 0.1) is 11.0 Å². The Morgan fingerprint density at radius 3 is 2.10 bits per heavy atom. The van der Waals surface area contributed by atoms with Gasteiger partial charge in [0.25, 0.3) is 0 Å². The van der Waals surface area contributed by atoms with Gasteiger partial charge >= 0.3 is 5.63 Å². The Balaban J connectivity index is 1.84. The fourth-order valence-corrected chi connectivity index (χ4v) is 4.68. The summed E-state index contributed by atoms with van der Waals surface area (Å²) in [6.07, 6.45) is 3.69. The van der Waals surface area contributed by atoms with E-state index in [0.717, 1.165) is 36.8 Å². The van der Waals surface area contributed by atoms with Gasteiger partial charge in [0.2, 0.25) is 0 Å². The summed E-state index contributed by atoms with van der Waals surface area (Å²) in [4.78, 5) is 13.2. The van der Waals surface area contributed by atoms with E-state index in [1.54, 1.807) is 6.07 Å². The summed E-state index contributed by atoms with van der Waals surface area (Å²) in [5.41, 5.74) is 1.71. The van der Waals surface area contributed by atoms with Crippen molar-refractivity contribution in [3.8, 4) is 5.75 Å². The zero-order valence-corrected chi connectivity index (χ0v) is 17.1. The van der Waals surface area contributed by atoms with Gasteiger partial charge in [-0.25, -0.2) is 4.79 Å². The van der Waals surface area contributed by atoms with Gasteiger partial charge in [-0.1, -0.05) is 74.5 Å². The van der Waals surface area contributed by atoms with Gasteiger partial charge in [-0.15, -0.1) is 0 Å². The molecule has 1 atom stereocenters. The molecule has 1 heterocycles. The van der Waals surface area contributed by atoms with E-state index < -0.39 is 11.0 Å². The van der Waals surface area contributed by atoms with Crippen molar-refractivity contribution in [2.24, 2.45) is 5.92 Å². The van der Waals surface area contributed by atoms with Gasteiger partial charge in [0.1, 0.15) is 11.5 Å². The predicted molar refractivity (Wildman–Crippen MR) is 115 cm³/mol. The molecule has 1 N–H and O–H groups in total. The molecule has 0 radical (unpaired) electrons. The van der Waals surface area contributed by atoms with Crippen molar-refractivity contribution in [2.45, 2.75) is 50.9 Å². The quantitative estimate of drug-likeness (QED) is 0.540. The molecule has 0 spiro atoms. The Morgan fingerprint density at radius 2 is 1.59 bits per heavy atom. The van der Waals surface area contributed by atoms with E-state index >= 15 is 0 Å². The highest BCUT2D eigenvalue weighted by Gasteiger charge is 2.39. The lowest BCUT2D eigenvalue weighted by Crippen LogP contribution is -2.28. The maximum atomic E-state index is 13.2. The van der Waals surface area contributed by atoms with Crippen LogP contribution in [-0.2, 0) is 5.41 Å². The number of hydrogen-bond acceptors (Lipinski definition) is 3. The molecule has 0 bridgehead atoms. The van der Waals surface area contributed by atoms with Crippen LogP contribution < -0.4 is 5.63 Å². The van der Waals surface area contributed by atoms with Crippen LogP contribution in [0.4, 0.5) is 0 Å². The first kappa shape index (κ1) is 19.5. The second kappa shape index (κ2) is 7.90. The first-order chi connectivity index (χ1) is 14.1. The van der Waals surface area contributed by atoms with Crippen LogP contribution in [0.5, 0.6) is 5.75 Å². The van der Waals surface area contributed by atoms with Crippen LogP contribution in [0.2, 0.25) is 0 Å². The first-order valence-corrected chi connectivity index (χ1v) is 10.6. The summed E-state index contributed by atoms with van der Waals surface area (Å²) in [6, 6.07) is 21.8. The standard InChI is InChI=1S/C26H28O3/c1-3-26(4-2,20-13-9-6-10-14-20)22-17-21(27)24(25(28)29-22)23(19-15-16-19)18-11-7-5-8-12-18/h5-14,17,19,23,27H,3-4,15-16H2,1-2H3. The number of aromatic hydroxyl groups is 1. The minimum Gasteiger partial charge on any atom is -0.507 e. The highest BCUT2D eigenvalue weighted by Crippen LogP contribution is 2.48. The van der Waals surface area contributed by atoms with E-state index in [9.17, 15) is 9.90 Å². The molecule has 0 saturated heterocycles. The molecule has 3 aromatic rings. The summed E-state index contributed by atoms with van der Waals surface area (Å²) in [5.74, 6) is 0.867. The molecule has 2 aromatic carbocycles. The van der Waals surface area contributed by atoms with Crippen LogP contribution in [0.25, 0.3) is 0 Å². The minimum absolute atomic E-state index is 0.0548. The molecule has 1 saturated carbocycles. The van der Waals surface area contributed by atoms with Gasteiger partial charge in [-0.3, -0.25) is 0 Å². The third-order valence-electron chi connectivity index (χ3n) is 6.53. The fraction of sp³-hybridized carbons (Fsp3) is 0.346. The predicted octanol–water partition coefficient (Wildman–Crippen LogP) is 5.99. The lowest BCUT2D eigenvalue weighted by atomic mass is 9.73. The Labute approximate surface area is 172 Å². The van der Waals surface area contributed by atoms with E-state index in [-0.39, 0.29) is 11.7 Å². The lowest BCUT2D eigenvalue weighted by Gasteiger charge is -2.31. The smallest absolute Gasteiger partial charge is 0.343 e. The number of benzene rings is 2. The van der Waals surface area contributed by atoms with Crippen molar-refractivity contribution in [1.29, 1.82) is 0 Å². The molecule has 29 heavy (non-hydrogen) atoms. The van der Waals surface area contributed by atoms with Gasteiger partial charge in [0, 0.05) is 12.0 Å². The number of rotatable bonds is 7. The van der Waals surface area contributed by atoms with Crippen molar-refractivity contribution in [2.75, 3.05) is 0 Å². The van der Waals surface area contributed by atoms with E-state index in [4.69, 9.17) is 4.42 Å². The Morgan fingerprint density at radius 1 is 1.00 bits per heavy atom. The SMILES string of the molecule is CCC(CC)(c1ccccc1)c1cc(O)c(C(c2ccccc2)C2CC2)c(=O)o1.